The Morgan fingerprint density at radius 1 is 1.10 bits per heavy atom. The molecule has 1 saturated heterocycles. The molecule has 0 spiro atoms. The molecule has 0 radical (unpaired) electrons. The summed E-state index contributed by atoms with van der Waals surface area (Å²) in [5.74, 6) is -0.292. The number of nitrogens with zero attached hydrogens (tertiary/aromatic N) is 4. The smallest absolute Gasteiger partial charge is 0.247 e. The fourth-order valence-electron chi connectivity index (χ4n) is 4.11. The lowest BCUT2D eigenvalue weighted by molar-refractivity contribution is 0.390. The monoisotopic (exact) mass is 442 g/mol. The van der Waals surface area contributed by atoms with Gasteiger partial charge in [0.1, 0.15) is 10.7 Å². The van der Waals surface area contributed by atoms with E-state index in [1.807, 2.05) is 32.9 Å². The van der Waals surface area contributed by atoms with Crippen LogP contribution in [0.1, 0.15) is 55.9 Å². The number of hydrogen-bond acceptors (Lipinski definition) is 4. The maximum absolute atomic E-state index is 13.6. The molecule has 0 saturated carbocycles. The molecule has 3 aromatic rings. The van der Waals surface area contributed by atoms with Gasteiger partial charge in [-0.05, 0) is 75.9 Å². The number of aryl methyl sites for hydroxylation is 2. The van der Waals surface area contributed by atoms with Gasteiger partial charge in [-0.15, -0.1) is 0 Å². The molecule has 164 valence electrons. The van der Waals surface area contributed by atoms with E-state index in [2.05, 4.69) is 10.1 Å². The number of aromatic nitrogens is 3. The van der Waals surface area contributed by atoms with Crippen LogP contribution in [0.25, 0.3) is 11.1 Å². The van der Waals surface area contributed by atoms with Crippen LogP contribution in [0.3, 0.4) is 0 Å². The largest absolute Gasteiger partial charge is 0.269 e. The number of pyridine rings is 1. The van der Waals surface area contributed by atoms with Crippen LogP contribution in [-0.4, -0.2) is 34.0 Å². The third kappa shape index (κ3) is 4.14. The summed E-state index contributed by atoms with van der Waals surface area (Å²) in [6.07, 6.45) is 3.09. The zero-order valence-corrected chi connectivity index (χ0v) is 19.0. The molecule has 1 aliphatic heterocycles. The summed E-state index contributed by atoms with van der Waals surface area (Å²) < 4.78 is 43.7. The van der Waals surface area contributed by atoms with Crippen LogP contribution in [0.2, 0.25) is 0 Å². The minimum atomic E-state index is -3.71. The first kappa shape index (κ1) is 21.6. The summed E-state index contributed by atoms with van der Waals surface area (Å²) in [4.78, 5) is 4.92. The van der Waals surface area contributed by atoms with Gasteiger partial charge in [-0.3, -0.25) is 9.67 Å². The van der Waals surface area contributed by atoms with Crippen molar-refractivity contribution in [1.82, 2.24) is 19.1 Å². The Labute approximate surface area is 182 Å². The topological polar surface area (TPSA) is 68.1 Å². The van der Waals surface area contributed by atoms with E-state index in [1.165, 1.54) is 12.1 Å². The third-order valence-electron chi connectivity index (χ3n) is 5.68. The first-order valence-corrected chi connectivity index (χ1v) is 11.9. The number of rotatable bonds is 5. The second-order valence-corrected chi connectivity index (χ2v) is 10.2. The van der Waals surface area contributed by atoms with Gasteiger partial charge in [-0.1, -0.05) is 12.1 Å². The van der Waals surface area contributed by atoms with Crippen LogP contribution in [0, 0.1) is 19.7 Å². The van der Waals surface area contributed by atoms with E-state index >= 15 is 0 Å². The highest BCUT2D eigenvalue weighted by atomic mass is 32.2. The molecule has 1 aliphatic rings. The Balaban J connectivity index is 1.73. The molecule has 1 aromatic carbocycles. The molecule has 31 heavy (non-hydrogen) atoms. The zero-order chi connectivity index (χ0) is 22.3. The van der Waals surface area contributed by atoms with Crippen LogP contribution >= 0.6 is 0 Å². The van der Waals surface area contributed by atoms with Gasteiger partial charge in [-0.2, -0.15) is 9.40 Å². The summed E-state index contributed by atoms with van der Waals surface area (Å²) in [6, 6.07) is 9.88. The number of hydrogen-bond donors (Lipinski definition) is 0. The average Bonchev–Trinajstić information content (AvgIpc) is 3.36. The highest BCUT2D eigenvalue weighted by molar-refractivity contribution is 7.89. The lowest BCUT2D eigenvalue weighted by Gasteiger charge is -2.24. The molecular formula is C23H27FN4O2S. The van der Waals surface area contributed by atoms with E-state index < -0.39 is 10.0 Å². The molecule has 0 amide bonds. The summed E-state index contributed by atoms with van der Waals surface area (Å²) >= 11 is 0. The molecule has 6 nitrogen and oxygen atoms in total. The van der Waals surface area contributed by atoms with Gasteiger partial charge in [0.05, 0.1) is 17.4 Å². The highest BCUT2D eigenvalue weighted by Gasteiger charge is 2.38. The molecule has 8 heteroatoms. The molecule has 4 rings (SSSR count). The van der Waals surface area contributed by atoms with E-state index in [9.17, 15) is 12.8 Å². The average molecular weight is 443 g/mol. The third-order valence-corrected chi connectivity index (χ3v) is 7.69. The van der Waals surface area contributed by atoms with Crippen molar-refractivity contribution in [2.45, 2.75) is 57.5 Å². The van der Waals surface area contributed by atoms with Crippen LogP contribution < -0.4 is 0 Å². The van der Waals surface area contributed by atoms with Crippen molar-refractivity contribution in [3.8, 4) is 11.1 Å². The second-order valence-electron chi connectivity index (χ2n) is 8.36. The van der Waals surface area contributed by atoms with E-state index in [0.717, 1.165) is 23.2 Å². The van der Waals surface area contributed by atoms with Crippen LogP contribution in [-0.2, 0) is 10.0 Å². The van der Waals surface area contributed by atoms with Crippen molar-refractivity contribution in [2.24, 2.45) is 0 Å². The van der Waals surface area contributed by atoms with Crippen LogP contribution in [0.5, 0.6) is 0 Å². The van der Waals surface area contributed by atoms with Gasteiger partial charge < -0.3 is 0 Å². The van der Waals surface area contributed by atoms with E-state index in [0.29, 0.717) is 24.4 Å². The van der Waals surface area contributed by atoms with Gasteiger partial charge >= 0.3 is 0 Å². The Morgan fingerprint density at radius 3 is 2.45 bits per heavy atom. The van der Waals surface area contributed by atoms with Gasteiger partial charge in [0, 0.05) is 24.5 Å². The molecule has 1 fully saturated rings. The fourth-order valence-corrected chi connectivity index (χ4v) is 5.93. The predicted molar refractivity (Wildman–Crippen MR) is 118 cm³/mol. The number of halogens is 1. The first-order valence-electron chi connectivity index (χ1n) is 10.5. The minimum Gasteiger partial charge on any atom is -0.269 e. The maximum Gasteiger partial charge on any atom is 0.247 e. The van der Waals surface area contributed by atoms with Crippen molar-refractivity contribution in [1.29, 1.82) is 0 Å². The summed E-state index contributed by atoms with van der Waals surface area (Å²) in [6.45, 7) is 8.00. The van der Waals surface area contributed by atoms with Crippen molar-refractivity contribution < 1.29 is 12.8 Å². The summed E-state index contributed by atoms with van der Waals surface area (Å²) in [5.41, 5.74) is 3.79. The number of sulfonamides is 1. The Morgan fingerprint density at radius 2 is 1.81 bits per heavy atom. The zero-order valence-electron chi connectivity index (χ0n) is 18.2. The minimum absolute atomic E-state index is 0.0775. The normalized spacial score (nSPS) is 17.5. The van der Waals surface area contributed by atoms with Gasteiger partial charge in [0.15, 0.2) is 0 Å². The van der Waals surface area contributed by atoms with E-state index in [-0.39, 0.29) is 22.8 Å². The van der Waals surface area contributed by atoms with Crippen LogP contribution in [0.4, 0.5) is 4.39 Å². The first-order chi connectivity index (χ1) is 14.7. The van der Waals surface area contributed by atoms with E-state index in [1.54, 1.807) is 34.2 Å². The Kier molecular flexibility index (Phi) is 5.70. The lowest BCUT2D eigenvalue weighted by atomic mass is 10.0. The second kappa shape index (κ2) is 8.16. The van der Waals surface area contributed by atoms with Crippen molar-refractivity contribution in [2.75, 3.05) is 6.54 Å². The molecule has 1 unspecified atom stereocenters. The maximum atomic E-state index is 13.6. The van der Waals surface area contributed by atoms with Crippen LogP contribution in [0.15, 0.2) is 47.5 Å². The summed E-state index contributed by atoms with van der Waals surface area (Å²) in [5, 5.41) is 4.39. The molecule has 0 bridgehead atoms. The lowest BCUT2D eigenvalue weighted by Crippen LogP contribution is -2.31. The molecule has 2 aromatic heterocycles. The molecule has 0 aliphatic carbocycles. The van der Waals surface area contributed by atoms with Crippen molar-refractivity contribution >= 4 is 10.0 Å². The molecule has 1 atom stereocenters. The molecule has 3 heterocycles. The SMILES string of the molecule is Cc1cc(-c2ccc(F)cc2)cc(C2CCCN2S(=O)(=O)c2cn(C(C)C)nc2C)n1. The van der Waals surface area contributed by atoms with Gasteiger partial charge in [0.2, 0.25) is 10.0 Å². The Bertz CT molecular complexity index is 1200. The van der Waals surface area contributed by atoms with Gasteiger partial charge in [0.25, 0.3) is 0 Å². The standard InChI is InChI=1S/C23H27FN4O2S/c1-15(2)27-14-23(17(4)26-27)31(29,30)28-11-5-6-22(28)21-13-19(12-16(3)25-21)18-7-9-20(24)10-8-18/h7-10,12-15,22H,5-6,11H2,1-4H3. The summed E-state index contributed by atoms with van der Waals surface area (Å²) in [7, 11) is -3.71. The quantitative estimate of drug-likeness (QED) is 0.569. The highest BCUT2D eigenvalue weighted by Crippen LogP contribution is 2.38. The van der Waals surface area contributed by atoms with Crippen molar-refractivity contribution in [3.63, 3.8) is 0 Å². The van der Waals surface area contributed by atoms with E-state index in [4.69, 9.17) is 0 Å². The number of benzene rings is 1. The predicted octanol–water partition coefficient (Wildman–Crippen LogP) is 4.81. The van der Waals surface area contributed by atoms with Gasteiger partial charge in [-0.25, -0.2) is 12.8 Å². The molecule has 0 N–H and O–H groups in total. The molecular weight excluding hydrogens is 415 g/mol. The Hall–Kier alpha value is -2.58. The fraction of sp³-hybridized carbons (Fsp3) is 0.391. The van der Waals surface area contributed by atoms with Crippen molar-refractivity contribution in [3.05, 3.63) is 65.5 Å².